The molecule has 0 aliphatic carbocycles. The number of carbonyl (C=O) groups is 3. The molecule has 1 atom stereocenters. The number of amides is 2. The molecular formula is C15H10Cl2N2O4. The third-order valence-electron chi connectivity index (χ3n) is 3.58. The van der Waals surface area contributed by atoms with Crippen LogP contribution in [0.25, 0.3) is 0 Å². The molecule has 1 aromatic heterocycles. The number of carboxylic acids is 1. The molecule has 23 heavy (non-hydrogen) atoms. The zero-order valence-electron chi connectivity index (χ0n) is 11.6. The number of rotatable bonds is 3. The molecule has 0 saturated carbocycles. The van der Waals surface area contributed by atoms with E-state index in [9.17, 15) is 19.5 Å². The van der Waals surface area contributed by atoms with E-state index in [1.807, 2.05) is 0 Å². The van der Waals surface area contributed by atoms with Crippen molar-refractivity contribution < 1.29 is 19.5 Å². The Kier molecular flexibility index (Phi) is 3.87. The molecule has 0 spiro atoms. The van der Waals surface area contributed by atoms with E-state index in [0.717, 1.165) is 4.90 Å². The maximum absolute atomic E-state index is 12.4. The van der Waals surface area contributed by atoms with E-state index in [4.69, 9.17) is 23.2 Å². The number of benzene rings is 1. The number of halogens is 2. The van der Waals surface area contributed by atoms with Crippen molar-refractivity contribution in [2.45, 2.75) is 12.6 Å². The van der Waals surface area contributed by atoms with Crippen molar-refractivity contribution in [1.82, 2.24) is 9.47 Å². The summed E-state index contributed by atoms with van der Waals surface area (Å²) >= 11 is 11.8. The quantitative estimate of drug-likeness (QED) is 0.680. The minimum atomic E-state index is -1.46. The van der Waals surface area contributed by atoms with Gasteiger partial charge in [0.05, 0.1) is 16.6 Å². The number of imide groups is 1. The number of nitrogens with zero attached hydrogens (tertiary/aromatic N) is 2. The molecule has 6 nitrogen and oxygen atoms in total. The lowest BCUT2D eigenvalue weighted by molar-refractivity contribution is -0.149. The summed E-state index contributed by atoms with van der Waals surface area (Å²) < 4.78 is 1.17. The van der Waals surface area contributed by atoms with Gasteiger partial charge in [-0.15, -0.1) is 0 Å². The van der Waals surface area contributed by atoms with Gasteiger partial charge >= 0.3 is 5.97 Å². The molecule has 2 heterocycles. The topological polar surface area (TPSA) is 79.6 Å². The molecule has 0 bridgehead atoms. The van der Waals surface area contributed by atoms with Gasteiger partial charge in [0, 0.05) is 6.20 Å². The number of hydrogen-bond acceptors (Lipinski definition) is 3. The van der Waals surface area contributed by atoms with Crippen molar-refractivity contribution in [3.63, 3.8) is 0 Å². The number of aliphatic carboxylic acids is 1. The summed E-state index contributed by atoms with van der Waals surface area (Å²) in [6.07, 6.45) is 1.40. The Balaban J connectivity index is 1.99. The zero-order chi connectivity index (χ0) is 16.7. The van der Waals surface area contributed by atoms with Crippen molar-refractivity contribution >= 4 is 41.0 Å². The van der Waals surface area contributed by atoms with E-state index in [0.29, 0.717) is 15.6 Å². The number of carboxylic acid groups (broad SMARTS) is 1. The Labute approximate surface area is 140 Å². The SMILES string of the molecule is O=C(O)C1C(=O)N(Cc2ccc(Cl)c(Cl)c2)C(=O)c2cccn21. The summed E-state index contributed by atoms with van der Waals surface area (Å²) in [5.41, 5.74) is 0.724. The molecule has 2 aromatic rings. The number of aromatic nitrogens is 1. The molecule has 118 valence electrons. The van der Waals surface area contributed by atoms with Crippen molar-refractivity contribution in [2.75, 3.05) is 0 Å². The van der Waals surface area contributed by atoms with E-state index in [2.05, 4.69) is 0 Å². The third-order valence-corrected chi connectivity index (χ3v) is 4.32. The molecule has 1 unspecified atom stereocenters. The van der Waals surface area contributed by atoms with Crippen LogP contribution in [0.2, 0.25) is 10.0 Å². The lowest BCUT2D eigenvalue weighted by Gasteiger charge is -2.30. The van der Waals surface area contributed by atoms with Crippen LogP contribution in [0.1, 0.15) is 22.1 Å². The highest BCUT2D eigenvalue weighted by Crippen LogP contribution is 2.27. The van der Waals surface area contributed by atoms with Crippen LogP contribution in [0.5, 0.6) is 0 Å². The first-order valence-corrected chi connectivity index (χ1v) is 7.35. The average Bonchev–Trinajstić information content (AvgIpc) is 2.96. The molecule has 0 radical (unpaired) electrons. The Morgan fingerprint density at radius 1 is 1.17 bits per heavy atom. The molecule has 0 saturated heterocycles. The van der Waals surface area contributed by atoms with Gasteiger partial charge in [-0.1, -0.05) is 29.3 Å². The highest BCUT2D eigenvalue weighted by atomic mass is 35.5. The Bertz CT molecular complexity index is 831. The van der Waals surface area contributed by atoms with Crippen LogP contribution in [0.4, 0.5) is 0 Å². The van der Waals surface area contributed by atoms with Gasteiger partial charge in [0.15, 0.2) is 0 Å². The van der Waals surface area contributed by atoms with E-state index in [1.165, 1.54) is 29.0 Å². The minimum Gasteiger partial charge on any atom is -0.479 e. The van der Waals surface area contributed by atoms with Gasteiger partial charge in [0.25, 0.3) is 11.8 Å². The number of hydrogen-bond donors (Lipinski definition) is 1. The molecule has 3 rings (SSSR count). The van der Waals surface area contributed by atoms with Crippen molar-refractivity contribution in [1.29, 1.82) is 0 Å². The van der Waals surface area contributed by atoms with Gasteiger partial charge in [-0.05, 0) is 29.8 Å². The second-order valence-corrected chi connectivity index (χ2v) is 5.83. The van der Waals surface area contributed by atoms with Crippen molar-refractivity contribution in [3.8, 4) is 0 Å². The normalized spacial score (nSPS) is 17.3. The predicted octanol–water partition coefficient (Wildman–Crippen LogP) is 2.60. The largest absolute Gasteiger partial charge is 0.479 e. The summed E-state index contributed by atoms with van der Waals surface area (Å²) in [6, 6.07) is 6.26. The van der Waals surface area contributed by atoms with Gasteiger partial charge in [-0.2, -0.15) is 0 Å². The molecule has 0 fully saturated rings. The van der Waals surface area contributed by atoms with Crippen LogP contribution in [0.3, 0.4) is 0 Å². The van der Waals surface area contributed by atoms with Gasteiger partial charge < -0.3 is 9.67 Å². The smallest absolute Gasteiger partial charge is 0.336 e. The highest BCUT2D eigenvalue weighted by molar-refractivity contribution is 6.42. The lowest BCUT2D eigenvalue weighted by atomic mass is 10.1. The van der Waals surface area contributed by atoms with Crippen LogP contribution in [-0.2, 0) is 16.1 Å². The number of carbonyl (C=O) groups excluding carboxylic acids is 2. The van der Waals surface area contributed by atoms with Gasteiger partial charge in [0.2, 0.25) is 6.04 Å². The number of fused-ring (bicyclic) bond motifs is 1. The molecular weight excluding hydrogens is 343 g/mol. The van der Waals surface area contributed by atoms with Crippen LogP contribution in [0.15, 0.2) is 36.5 Å². The predicted molar refractivity (Wildman–Crippen MR) is 82.4 cm³/mol. The maximum atomic E-state index is 12.4. The molecule has 1 aliphatic rings. The zero-order valence-corrected chi connectivity index (χ0v) is 13.1. The Morgan fingerprint density at radius 3 is 2.57 bits per heavy atom. The first kappa shape index (κ1) is 15.6. The van der Waals surface area contributed by atoms with Crippen molar-refractivity contribution in [2.24, 2.45) is 0 Å². The molecule has 2 amide bonds. The first-order chi connectivity index (χ1) is 10.9. The Hall–Kier alpha value is -2.31. The standard InChI is InChI=1S/C15H10Cl2N2O4/c16-9-4-3-8(6-10(9)17)7-19-13(20)11-2-1-5-18(11)12(14(19)21)15(22)23/h1-6,12H,7H2,(H,22,23). The molecule has 1 N–H and O–H groups in total. The van der Waals surface area contributed by atoms with E-state index in [-0.39, 0.29) is 12.2 Å². The van der Waals surface area contributed by atoms with Crippen LogP contribution in [0, 0.1) is 0 Å². The third kappa shape index (κ3) is 2.60. The fraction of sp³-hybridized carbons (Fsp3) is 0.133. The fourth-order valence-corrected chi connectivity index (χ4v) is 2.82. The lowest BCUT2D eigenvalue weighted by Crippen LogP contribution is -2.49. The Morgan fingerprint density at radius 2 is 1.91 bits per heavy atom. The second kappa shape index (κ2) is 5.72. The maximum Gasteiger partial charge on any atom is 0.336 e. The first-order valence-electron chi connectivity index (χ1n) is 6.59. The average molecular weight is 353 g/mol. The molecule has 1 aromatic carbocycles. The van der Waals surface area contributed by atoms with E-state index >= 15 is 0 Å². The summed E-state index contributed by atoms with van der Waals surface area (Å²) in [5.74, 6) is -2.67. The summed E-state index contributed by atoms with van der Waals surface area (Å²) in [7, 11) is 0. The van der Waals surface area contributed by atoms with Crippen LogP contribution < -0.4 is 0 Å². The summed E-state index contributed by atoms with van der Waals surface area (Å²) in [5, 5.41) is 9.95. The molecule has 8 heteroatoms. The van der Waals surface area contributed by atoms with Gasteiger partial charge in [0.1, 0.15) is 5.69 Å². The summed E-state index contributed by atoms with van der Waals surface area (Å²) in [4.78, 5) is 37.2. The minimum absolute atomic E-state index is 0.0798. The highest BCUT2D eigenvalue weighted by Gasteiger charge is 2.42. The van der Waals surface area contributed by atoms with Crippen LogP contribution in [-0.4, -0.2) is 32.4 Å². The monoisotopic (exact) mass is 352 g/mol. The van der Waals surface area contributed by atoms with E-state index < -0.39 is 23.8 Å². The fourth-order valence-electron chi connectivity index (χ4n) is 2.50. The second-order valence-electron chi connectivity index (χ2n) is 5.02. The van der Waals surface area contributed by atoms with E-state index in [1.54, 1.807) is 12.1 Å². The summed E-state index contributed by atoms with van der Waals surface area (Å²) in [6.45, 7) is -0.0798. The van der Waals surface area contributed by atoms with Crippen molar-refractivity contribution in [3.05, 3.63) is 57.8 Å². The molecule has 1 aliphatic heterocycles. The van der Waals surface area contributed by atoms with Gasteiger partial charge in [-0.3, -0.25) is 14.5 Å². The van der Waals surface area contributed by atoms with Gasteiger partial charge in [-0.25, -0.2) is 4.79 Å². The van der Waals surface area contributed by atoms with Crippen LogP contribution >= 0.6 is 23.2 Å².